The van der Waals surface area contributed by atoms with Crippen molar-refractivity contribution in [3.8, 4) is 0 Å². The highest BCUT2D eigenvalue weighted by Crippen LogP contribution is 2.26. The summed E-state index contributed by atoms with van der Waals surface area (Å²) >= 11 is 11.9. The summed E-state index contributed by atoms with van der Waals surface area (Å²) < 4.78 is 26.7. The van der Waals surface area contributed by atoms with Crippen molar-refractivity contribution in [2.45, 2.75) is 25.3 Å². The molecule has 140 valence electrons. The van der Waals surface area contributed by atoms with E-state index < -0.39 is 10.0 Å². The van der Waals surface area contributed by atoms with Gasteiger partial charge in [-0.1, -0.05) is 49.2 Å². The first kappa shape index (κ1) is 20.7. The lowest BCUT2D eigenvalue weighted by atomic mass is 10.2. The number of nitrogens with one attached hydrogen (secondary N) is 1. The lowest BCUT2D eigenvalue weighted by molar-refractivity contribution is 0.0950. The van der Waals surface area contributed by atoms with Gasteiger partial charge in [-0.2, -0.15) is 4.31 Å². The van der Waals surface area contributed by atoms with E-state index in [-0.39, 0.29) is 21.4 Å². The van der Waals surface area contributed by atoms with E-state index in [0.29, 0.717) is 24.7 Å². The van der Waals surface area contributed by atoms with Crippen molar-refractivity contribution in [3.05, 3.63) is 63.6 Å². The monoisotopic (exact) mass is 414 g/mol. The van der Waals surface area contributed by atoms with Gasteiger partial charge >= 0.3 is 0 Å². The average Bonchev–Trinajstić information content (AvgIpc) is 2.62. The smallest absolute Gasteiger partial charge is 0.251 e. The van der Waals surface area contributed by atoms with E-state index in [1.807, 2.05) is 0 Å². The maximum Gasteiger partial charge on any atom is 0.251 e. The number of sulfonamides is 1. The molecule has 5 nitrogen and oxygen atoms in total. The van der Waals surface area contributed by atoms with Crippen LogP contribution in [0.15, 0.2) is 47.4 Å². The molecule has 0 atom stereocenters. The Labute approximate surface area is 164 Å². The maximum atomic E-state index is 12.7. The van der Waals surface area contributed by atoms with E-state index in [4.69, 9.17) is 23.2 Å². The molecule has 0 bridgehead atoms. The van der Waals surface area contributed by atoms with Gasteiger partial charge in [0, 0.05) is 30.2 Å². The summed E-state index contributed by atoms with van der Waals surface area (Å²) in [6, 6.07) is 11.3. The van der Waals surface area contributed by atoms with Crippen LogP contribution in [0, 0.1) is 0 Å². The molecule has 0 saturated carbocycles. The van der Waals surface area contributed by atoms with E-state index in [0.717, 1.165) is 5.56 Å². The van der Waals surface area contributed by atoms with Crippen LogP contribution in [0.4, 0.5) is 0 Å². The zero-order chi connectivity index (χ0) is 19.3. The molecule has 0 heterocycles. The number of hydrogen-bond donors (Lipinski definition) is 1. The second kappa shape index (κ2) is 8.86. The minimum atomic E-state index is -3.75. The van der Waals surface area contributed by atoms with Gasteiger partial charge in [-0.15, -0.1) is 0 Å². The molecule has 0 aliphatic rings. The van der Waals surface area contributed by atoms with E-state index in [1.165, 1.54) is 22.5 Å². The Morgan fingerprint density at radius 2 is 1.65 bits per heavy atom. The molecule has 2 aromatic carbocycles. The highest BCUT2D eigenvalue weighted by molar-refractivity contribution is 7.89. The van der Waals surface area contributed by atoms with Crippen LogP contribution in [-0.4, -0.2) is 31.7 Å². The zero-order valence-corrected chi connectivity index (χ0v) is 16.8. The van der Waals surface area contributed by atoms with Crippen LogP contribution in [-0.2, 0) is 16.6 Å². The molecular formula is C18H20Cl2N2O3S. The fourth-order valence-corrected chi connectivity index (χ4v) is 4.52. The Hall–Kier alpha value is -1.60. The standard InChI is InChI=1S/C18H20Cl2N2O3S/c1-3-22(4-2)26(24,25)17-11-14(7-10-16(17)20)18(23)21-12-13-5-8-15(19)9-6-13/h5-11H,3-4,12H2,1-2H3,(H,21,23). The predicted molar refractivity (Wildman–Crippen MR) is 104 cm³/mol. The van der Waals surface area contributed by atoms with Gasteiger partial charge in [-0.25, -0.2) is 8.42 Å². The number of carbonyl (C=O) groups excluding carboxylic acids is 1. The summed E-state index contributed by atoms with van der Waals surface area (Å²) in [4.78, 5) is 12.3. The highest BCUT2D eigenvalue weighted by atomic mass is 35.5. The van der Waals surface area contributed by atoms with Gasteiger partial charge in [0.15, 0.2) is 0 Å². The fourth-order valence-electron chi connectivity index (χ4n) is 2.43. The molecular weight excluding hydrogens is 395 g/mol. The van der Waals surface area contributed by atoms with Crippen LogP contribution in [0.25, 0.3) is 0 Å². The first-order chi connectivity index (χ1) is 12.3. The minimum Gasteiger partial charge on any atom is -0.348 e. The first-order valence-electron chi connectivity index (χ1n) is 8.12. The molecule has 8 heteroatoms. The van der Waals surface area contributed by atoms with Crippen LogP contribution < -0.4 is 5.32 Å². The van der Waals surface area contributed by atoms with Gasteiger partial charge in [0.05, 0.1) is 5.02 Å². The quantitative estimate of drug-likeness (QED) is 0.745. The topological polar surface area (TPSA) is 66.5 Å². The molecule has 1 N–H and O–H groups in total. The summed E-state index contributed by atoms with van der Waals surface area (Å²) in [5.41, 5.74) is 1.11. The van der Waals surface area contributed by atoms with E-state index >= 15 is 0 Å². The average molecular weight is 415 g/mol. The number of nitrogens with zero attached hydrogens (tertiary/aromatic N) is 1. The maximum absolute atomic E-state index is 12.7. The number of benzene rings is 2. The van der Waals surface area contributed by atoms with Crippen molar-refractivity contribution in [1.82, 2.24) is 9.62 Å². The molecule has 0 radical (unpaired) electrons. The van der Waals surface area contributed by atoms with Crippen molar-refractivity contribution >= 4 is 39.1 Å². The van der Waals surface area contributed by atoms with Crippen LogP contribution in [0.1, 0.15) is 29.8 Å². The molecule has 0 saturated heterocycles. The molecule has 2 rings (SSSR count). The summed E-state index contributed by atoms with van der Waals surface area (Å²) in [6.45, 7) is 4.44. The molecule has 0 aliphatic heterocycles. The van der Waals surface area contributed by atoms with Crippen molar-refractivity contribution < 1.29 is 13.2 Å². The third-order valence-corrected chi connectivity index (χ3v) is 6.67. The van der Waals surface area contributed by atoms with Gasteiger partial charge < -0.3 is 5.32 Å². The van der Waals surface area contributed by atoms with Crippen LogP contribution >= 0.6 is 23.2 Å². The molecule has 0 aliphatic carbocycles. The third-order valence-electron chi connectivity index (χ3n) is 3.88. The minimum absolute atomic E-state index is 0.0676. The van der Waals surface area contributed by atoms with Gasteiger partial charge in [-0.05, 0) is 35.9 Å². The number of rotatable bonds is 7. The second-order valence-corrected chi connectivity index (χ2v) is 8.29. The molecule has 2 aromatic rings. The second-order valence-electron chi connectivity index (χ2n) is 5.54. The van der Waals surface area contributed by atoms with Crippen molar-refractivity contribution in [3.63, 3.8) is 0 Å². The summed E-state index contributed by atoms with van der Waals surface area (Å²) in [7, 11) is -3.75. The molecule has 26 heavy (non-hydrogen) atoms. The summed E-state index contributed by atoms with van der Waals surface area (Å²) in [5.74, 6) is -0.382. The van der Waals surface area contributed by atoms with Crippen LogP contribution in [0.2, 0.25) is 10.0 Å². The Balaban J connectivity index is 2.22. The number of halogens is 2. The van der Waals surface area contributed by atoms with Crippen LogP contribution in [0.3, 0.4) is 0 Å². The lowest BCUT2D eigenvalue weighted by Gasteiger charge is -2.19. The predicted octanol–water partition coefficient (Wildman–Crippen LogP) is 3.95. The third kappa shape index (κ3) is 4.76. The molecule has 0 aromatic heterocycles. The van der Waals surface area contributed by atoms with Gasteiger partial charge in [-0.3, -0.25) is 4.79 Å². The highest BCUT2D eigenvalue weighted by Gasteiger charge is 2.25. The Kier molecular flexibility index (Phi) is 7.06. The van der Waals surface area contributed by atoms with Crippen molar-refractivity contribution in [2.75, 3.05) is 13.1 Å². The Bertz CT molecular complexity index is 880. The van der Waals surface area contributed by atoms with Crippen molar-refractivity contribution in [1.29, 1.82) is 0 Å². The van der Waals surface area contributed by atoms with Crippen molar-refractivity contribution in [2.24, 2.45) is 0 Å². The molecule has 1 amide bonds. The number of carbonyl (C=O) groups is 1. The van der Waals surface area contributed by atoms with Crippen LogP contribution in [0.5, 0.6) is 0 Å². The molecule has 0 spiro atoms. The van der Waals surface area contributed by atoms with E-state index in [1.54, 1.807) is 38.1 Å². The lowest BCUT2D eigenvalue weighted by Crippen LogP contribution is -2.31. The van der Waals surface area contributed by atoms with E-state index in [2.05, 4.69) is 5.32 Å². The first-order valence-corrected chi connectivity index (χ1v) is 10.3. The van der Waals surface area contributed by atoms with Gasteiger partial charge in [0.25, 0.3) is 5.91 Å². The summed E-state index contributed by atoms with van der Waals surface area (Å²) in [5, 5.41) is 3.46. The molecule has 0 unspecified atom stereocenters. The Morgan fingerprint density at radius 1 is 1.04 bits per heavy atom. The summed E-state index contributed by atoms with van der Waals surface area (Å²) in [6.07, 6.45) is 0. The number of amides is 1. The van der Waals surface area contributed by atoms with Gasteiger partial charge in [0.1, 0.15) is 4.90 Å². The SMILES string of the molecule is CCN(CC)S(=O)(=O)c1cc(C(=O)NCc2ccc(Cl)cc2)ccc1Cl. The Morgan fingerprint density at radius 3 is 2.23 bits per heavy atom. The normalized spacial score (nSPS) is 11.6. The van der Waals surface area contributed by atoms with Gasteiger partial charge in [0.2, 0.25) is 10.0 Å². The van der Waals surface area contributed by atoms with E-state index in [9.17, 15) is 13.2 Å². The largest absolute Gasteiger partial charge is 0.348 e. The number of hydrogen-bond acceptors (Lipinski definition) is 3. The fraction of sp³-hybridized carbons (Fsp3) is 0.278. The zero-order valence-electron chi connectivity index (χ0n) is 14.5. The molecule has 0 fully saturated rings.